The smallest absolute Gasteiger partial charge is 0.0882 e. The van der Waals surface area contributed by atoms with E-state index in [-0.39, 0.29) is 13.1 Å². The van der Waals surface area contributed by atoms with Crippen molar-refractivity contribution in [3.05, 3.63) is 97.1 Å². The molecule has 0 bridgehead atoms. The molecule has 4 aromatic carbocycles. The van der Waals surface area contributed by atoms with Crippen LogP contribution in [0.25, 0.3) is 44.1 Å². The first kappa shape index (κ1) is 25.1. The van der Waals surface area contributed by atoms with E-state index < -0.39 is 31.5 Å². The molecule has 0 saturated heterocycles. The third kappa shape index (κ3) is 4.78. The number of nitrogens with one attached hydrogen (secondary N) is 1. The third-order valence-corrected chi connectivity index (χ3v) is 7.07. The molecule has 190 valence electrons. The minimum atomic E-state index is -1.26. The van der Waals surface area contributed by atoms with Gasteiger partial charge in [0.15, 0.2) is 0 Å². The van der Waals surface area contributed by atoms with Gasteiger partial charge >= 0.3 is 0 Å². The van der Waals surface area contributed by atoms with Crippen LogP contribution in [-0.2, 0) is 6.54 Å². The SMILES string of the molecule is OCC(CO)(CO)NCC(O)Cn1c(-c2ccccc2)c(-c2ccccc2)c2ccc3ccccc3c21. The molecule has 0 spiro atoms. The van der Waals surface area contributed by atoms with Crippen molar-refractivity contribution < 1.29 is 20.4 Å². The highest BCUT2D eigenvalue weighted by atomic mass is 16.3. The number of aliphatic hydroxyl groups excluding tert-OH is 4. The first-order valence-electron chi connectivity index (χ1n) is 12.5. The van der Waals surface area contributed by atoms with Crippen LogP contribution >= 0.6 is 0 Å². The molecule has 5 N–H and O–H groups in total. The van der Waals surface area contributed by atoms with Crippen molar-refractivity contribution in [3.8, 4) is 22.4 Å². The van der Waals surface area contributed by atoms with Crippen LogP contribution in [-0.4, -0.2) is 63.0 Å². The van der Waals surface area contributed by atoms with Gasteiger partial charge in [0.2, 0.25) is 0 Å². The molecule has 0 aliphatic heterocycles. The summed E-state index contributed by atoms with van der Waals surface area (Å²) >= 11 is 0. The topological polar surface area (TPSA) is 97.9 Å². The lowest BCUT2D eigenvalue weighted by Gasteiger charge is -2.30. The van der Waals surface area contributed by atoms with Gasteiger partial charge in [-0.25, -0.2) is 0 Å². The minimum Gasteiger partial charge on any atom is -0.394 e. The number of aromatic nitrogens is 1. The Bertz CT molecular complexity index is 1470. The van der Waals surface area contributed by atoms with E-state index in [0.29, 0.717) is 0 Å². The number of aliphatic hydroxyl groups is 4. The molecule has 0 aliphatic rings. The number of hydrogen-bond acceptors (Lipinski definition) is 5. The Balaban J connectivity index is 1.72. The molecular weight excluding hydrogens is 464 g/mol. The van der Waals surface area contributed by atoms with Gasteiger partial charge in [-0.1, -0.05) is 97.1 Å². The molecule has 0 aliphatic carbocycles. The number of hydrogen-bond donors (Lipinski definition) is 5. The highest BCUT2D eigenvalue weighted by Gasteiger charge is 2.29. The summed E-state index contributed by atoms with van der Waals surface area (Å²) in [5, 5.41) is 46.6. The van der Waals surface area contributed by atoms with E-state index in [1.54, 1.807) is 0 Å². The summed E-state index contributed by atoms with van der Waals surface area (Å²) in [6, 6.07) is 33.0. The van der Waals surface area contributed by atoms with Crippen LogP contribution in [0.15, 0.2) is 97.1 Å². The average molecular weight is 497 g/mol. The third-order valence-electron chi connectivity index (χ3n) is 7.07. The zero-order valence-corrected chi connectivity index (χ0v) is 20.6. The number of fused-ring (bicyclic) bond motifs is 3. The van der Waals surface area contributed by atoms with E-state index in [1.807, 2.05) is 48.5 Å². The Hall–Kier alpha value is -3.52. The average Bonchev–Trinajstić information content (AvgIpc) is 3.29. The molecule has 37 heavy (non-hydrogen) atoms. The lowest BCUT2D eigenvalue weighted by atomic mass is 9.97. The van der Waals surface area contributed by atoms with E-state index >= 15 is 0 Å². The molecule has 0 radical (unpaired) electrons. The second kappa shape index (κ2) is 10.8. The van der Waals surface area contributed by atoms with Gasteiger partial charge in [-0.15, -0.1) is 0 Å². The lowest BCUT2D eigenvalue weighted by Crippen LogP contribution is -2.56. The fourth-order valence-electron chi connectivity index (χ4n) is 5.03. The summed E-state index contributed by atoms with van der Waals surface area (Å²) in [5.74, 6) is 0. The molecule has 6 nitrogen and oxygen atoms in total. The molecule has 6 heteroatoms. The number of β-amino-alcohol motifs (C(OH)–C–C–N with tert-alkyl or cyclic N) is 1. The van der Waals surface area contributed by atoms with Gasteiger partial charge < -0.3 is 30.3 Å². The van der Waals surface area contributed by atoms with E-state index in [1.165, 1.54) is 0 Å². The van der Waals surface area contributed by atoms with Crippen LogP contribution < -0.4 is 5.32 Å². The second-order valence-electron chi connectivity index (χ2n) is 9.54. The van der Waals surface area contributed by atoms with Crippen LogP contribution in [0.4, 0.5) is 0 Å². The van der Waals surface area contributed by atoms with Gasteiger partial charge in [0, 0.05) is 22.9 Å². The van der Waals surface area contributed by atoms with Crippen molar-refractivity contribution in [2.45, 2.75) is 18.2 Å². The van der Waals surface area contributed by atoms with E-state index in [2.05, 4.69) is 58.4 Å². The Kier molecular flexibility index (Phi) is 7.37. The summed E-state index contributed by atoms with van der Waals surface area (Å²) in [6.07, 6.45) is -0.857. The Morgan fingerprint density at radius 2 is 1.27 bits per heavy atom. The molecule has 5 rings (SSSR count). The fourth-order valence-corrected chi connectivity index (χ4v) is 5.03. The molecule has 1 unspecified atom stereocenters. The van der Waals surface area contributed by atoms with Crippen molar-refractivity contribution in [1.82, 2.24) is 9.88 Å². The summed E-state index contributed by atoms with van der Waals surface area (Å²) in [7, 11) is 0. The van der Waals surface area contributed by atoms with Crippen molar-refractivity contribution in [2.24, 2.45) is 0 Å². The largest absolute Gasteiger partial charge is 0.394 e. The zero-order chi connectivity index (χ0) is 25.8. The van der Waals surface area contributed by atoms with E-state index in [0.717, 1.165) is 44.1 Å². The van der Waals surface area contributed by atoms with E-state index in [9.17, 15) is 20.4 Å². The molecule has 0 fully saturated rings. The molecule has 1 aromatic heterocycles. The van der Waals surface area contributed by atoms with Gasteiger partial charge in [0.25, 0.3) is 0 Å². The van der Waals surface area contributed by atoms with Gasteiger partial charge in [-0.2, -0.15) is 0 Å². The fraction of sp³-hybridized carbons (Fsp3) is 0.226. The van der Waals surface area contributed by atoms with Crippen molar-refractivity contribution in [2.75, 3.05) is 26.4 Å². The molecule has 1 atom stereocenters. The predicted octanol–water partition coefficient (Wildman–Crippen LogP) is 3.79. The minimum absolute atomic E-state index is 0.0843. The van der Waals surface area contributed by atoms with E-state index in [4.69, 9.17) is 0 Å². The highest BCUT2D eigenvalue weighted by molar-refractivity contribution is 6.15. The number of benzene rings is 4. The Morgan fingerprint density at radius 3 is 1.92 bits per heavy atom. The summed E-state index contributed by atoms with van der Waals surface area (Å²) in [5.41, 5.74) is 4.01. The van der Waals surface area contributed by atoms with Gasteiger partial charge in [0.05, 0.1) is 49.2 Å². The first-order valence-corrected chi connectivity index (χ1v) is 12.5. The van der Waals surface area contributed by atoms with Crippen LogP contribution in [0.2, 0.25) is 0 Å². The summed E-state index contributed by atoms with van der Waals surface area (Å²) in [6.45, 7) is -0.986. The quantitative estimate of drug-likeness (QED) is 0.203. The molecule has 0 saturated carbocycles. The standard InChI is InChI=1S/C31H32N2O4/c34-19-31(20-35,21-36)32-17-25(37)18-33-29(24-12-5-2-6-13-24)28(23-10-3-1-4-11-23)27-16-15-22-9-7-8-14-26(22)30(27)33/h1-16,25,32,34-37H,17-21H2. The number of rotatable bonds is 10. The zero-order valence-electron chi connectivity index (χ0n) is 20.6. The lowest BCUT2D eigenvalue weighted by molar-refractivity contribution is 0.0308. The van der Waals surface area contributed by atoms with Crippen molar-refractivity contribution in [3.63, 3.8) is 0 Å². The highest BCUT2D eigenvalue weighted by Crippen LogP contribution is 2.43. The maximum atomic E-state index is 11.2. The number of nitrogens with zero attached hydrogens (tertiary/aromatic N) is 1. The summed E-state index contributed by atoms with van der Waals surface area (Å²) in [4.78, 5) is 0. The van der Waals surface area contributed by atoms with Crippen LogP contribution in [0, 0.1) is 0 Å². The Morgan fingerprint density at radius 1 is 0.676 bits per heavy atom. The molecule has 1 heterocycles. The second-order valence-corrected chi connectivity index (χ2v) is 9.54. The van der Waals surface area contributed by atoms with Crippen LogP contribution in [0.1, 0.15) is 0 Å². The molecule has 0 amide bonds. The predicted molar refractivity (Wildman–Crippen MR) is 148 cm³/mol. The van der Waals surface area contributed by atoms with Gasteiger partial charge in [0.1, 0.15) is 0 Å². The Labute approximate surface area is 216 Å². The van der Waals surface area contributed by atoms with Gasteiger partial charge in [-0.3, -0.25) is 0 Å². The van der Waals surface area contributed by atoms with Crippen LogP contribution in [0.5, 0.6) is 0 Å². The van der Waals surface area contributed by atoms with Gasteiger partial charge in [-0.05, 0) is 16.5 Å². The summed E-state index contributed by atoms with van der Waals surface area (Å²) < 4.78 is 2.18. The maximum Gasteiger partial charge on any atom is 0.0882 e. The van der Waals surface area contributed by atoms with Crippen LogP contribution in [0.3, 0.4) is 0 Å². The van der Waals surface area contributed by atoms with Crippen molar-refractivity contribution >= 4 is 21.7 Å². The maximum absolute atomic E-state index is 11.2. The molecular formula is C31H32N2O4. The molecule has 5 aromatic rings. The normalized spacial score (nSPS) is 12.9. The van der Waals surface area contributed by atoms with Crippen molar-refractivity contribution in [1.29, 1.82) is 0 Å². The first-order chi connectivity index (χ1) is 18.1. The monoisotopic (exact) mass is 496 g/mol.